The summed E-state index contributed by atoms with van der Waals surface area (Å²) in [6.07, 6.45) is 16.5. The van der Waals surface area contributed by atoms with Gasteiger partial charge in [0.15, 0.2) is 0 Å². The summed E-state index contributed by atoms with van der Waals surface area (Å²) in [5.41, 5.74) is 2.36. The van der Waals surface area contributed by atoms with Gasteiger partial charge in [-0.05, 0) is 69.2 Å². The molecule has 3 heterocycles. The van der Waals surface area contributed by atoms with Crippen LogP contribution in [0.4, 0.5) is 11.5 Å². The first-order chi connectivity index (χ1) is 19.4. The van der Waals surface area contributed by atoms with Gasteiger partial charge < -0.3 is 20.2 Å². The molecule has 0 atom stereocenters. The van der Waals surface area contributed by atoms with Crippen LogP contribution in [0.2, 0.25) is 5.02 Å². The van der Waals surface area contributed by atoms with E-state index >= 15 is 0 Å². The number of likely N-dealkylation sites (tertiary alicyclic amines) is 1. The molecule has 0 unspecified atom stereocenters. The van der Waals surface area contributed by atoms with Crippen LogP contribution in [0.15, 0.2) is 82.0 Å². The van der Waals surface area contributed by atoms with Crippen molar-refractivity contribution >= 4 is 40.7 Å². The van der Waals surface area contributed by atoms with E-state index in [2.05, 4.69) is 33.4 Å². The molecule has 1 saturated carbocycles. The fourth-order valence-electron chi connectivity index (χ4n) is 5.91. The Hall–Kier alpha value is -2.97. The summed E-state index contributed by atoms with van der Waals surface area (Å²) < 4.78 is 0. The molecule has 0 amide bonds. The molecule has 9 heteroatoms. The number of benzene rings is 1. The number of hydrogen-bond acceptors (Lipinski definition) is 7. The van der Waals surface area contributed by atoms with Crippen LogP contribution in [-0.4, -0.2) is 45.4 Å². The number of aliphatic hydroxyl groups is 1. The van der Waals surface area contributed by atoms with E-state index in [9.17, 15) is 5.11 Å². The van der Waals surface area contributed by atoms with Crippen LogP contribution in [0.25, 0.3) is 0 Å². The van der Waals surface area contributed by atoms with Gasteiger partial charge in [-0.2, -0.15) is 0 Å². The molecule has 1 spiro atoms. The van der Waals surface area contributed by atoms with Gasteiger partial charge in [0.05, 0.1) is 23.1 Å². The number of aliphatic imine (C=N–C) groups is 1. The number of amidine groups is 1. The van der Waals surface area contributed by atoms with Crippen molar-refractivity contribution in [3.8, 4) is 0 Å². The highest BCUT2D eigenvalue weighted by Gasteiger charge is 2.37. The zero-order valence-corrected chi connectivity index (χ0v) is 24.9. The van der Waals surface area contributed by atoms with Gasteiger partial charge in [-0.1, -0.05) is 55.4 Å². The van der Waals surface area contributed by atoms with E-state index in [0.29, 0.717) is 27.4 Å². The quantitative estimate of drug-likeness (QED) is 0.241. The topological polar surface area (TPSA) is 76.9 Å². The molecule has 2 aromatic rings. The number of piperidine rings is 2. The zero-order chi connectivity index (χ0) is 28.1. The predicted molar refractivity (Wildman–Crippen MR) is 166 cm³/mol. The molecule has 5 rings (SSSR count). The minimum atomic E-state index is -0.0645. The standard InChI is InChI=1S/C31H39ClN6OS/c1-4-37-17-8-5-12-26(37)36-30(39)22(2)23(3)35-24-10-9-11-25(29(24)32)40-28-21-33-27(20-34-28)38-18-15-31(16-19-38)13-6-7-14-31/h4,9-11,20-21,35,39H,1,3,5-8,12-19H2,2H3/b30-22-,36-26?. The molecule has 212 valence electrons. The maximum atomic E-state index is 10.7. The molecular weight excluding hydrogens is 540 g/mol. The van der Waals surface area contributed by atoms with E-state index in [-0.39, 0.29) is 5.88 Å². The summed E-state index contributed by atoms with van der Waals surface area (Å²) in [4.78, 5) is 19.1. The fourth-order valence-corrected chi connectivity index (χ4v) is 6.98. The van der Waals surface area contributed by atoms with Gasteiger partial charge in [0.1, 0.15) is 16.7 Å². The molecule has 0 radical (unpaired) electrons. The molecule has 3 fully saturated rings. The third-order valence-corrected chi connectivity index (χ3v) is 10.0. The van der Waals surface area contributed by atoms with Crippen molar-refractivity contribution in [3.05, 3.63) is 72.1 Å². The monoisotopic (exact) mass is 578 g/mol. The number of allylic oxidation sites excluding steroid dienone is 1. The molecule has 1 aromatic heterocycles. The SMILES string of the molecule is C=CN1CCCCC1=N/C(O)=C(\C)C(=C)Nc1cccc(Sc2cnc(N3CCC4(CCCC4)CC3)cn2)c1Cl. The minimum absolute atomic E-state index is 0.0645. The average Bonchev–Trinajstić information content (AvgIpc) is 3.43. The van der Waals surface area contributed by atoms with Crippen molar-refractivity contribution in [2.45, 2.75) is 74.6 Å². The van der Waals surface area contributed by atoms with Crippen molar-refractivity contribution in [1.82, 2.24) is 14.9 Å². The van der Waals surface area contributed by atoms with Gasteiger partial charge in [-0.3, -0.25) is 0 Å². The van der Waals surface area contributed by atoms with Crippen LogP contribution < -0.4 is 10.2 Å². The maximum Gasteiger partial charge on any atom is 0.217 e. The molecule has 0 bridgehead atoms. The van der Waals surface area contributed by atoms with Gasteiger partial charge in [-0.15, -0.1) is 0 Å². The molecule has 40 heavy (non-hydrogen) atoms. The van der Waals surface area contributed by atoms with Gasteiger partial charge >= 0.3 is 0 Å². The number of rotatable bonds is 8. The highest BCUT2D eigenvalue weighted by molar-refractivity contribution is 7.99. The zero-order valence-electron chi connectivity index (χ0n) is 23.3. The number of halogens is 1. The van der Waals surface area contributed by atoms with Crippen LogP contribution in [-0.2, 0) is 0 Å². The van der Waals surface area contributed by atoms with Crippen LogP contribution in [0.5, 0.6) is 0 Å². The lowest BCUT2D eigenvalue weighted by atomic mass is 9.77. The van der Waals surface area contributed by atoms with Crippen molar-refractivity contribution in [2.24, 2.45) is 10.4 Å². The Morgan fingerprint density at radius 2 is 1.88 bits per heavy atom. The Bertz CT molecular complexity index is 1290. The average molecular weight is 579 g/mol. The highest BCUT2D eigenvalue weighted by atomic mass is 35.5. The third-order valence-electron chi connectivity index (χ3n) is 8.51. The minimum Gasteiger partial charge on any atom is -0.493 e. The fraction of sp³-hybridized carbons (Fsp3) is 0.452. The van der Waals surface area contributed by atoms with Gasteiger partial charge in [-0.25, -0.2) is 15.0 Å². The molecule has 1 aromatic carbocycles. The molecule has 2 N–H and O–H groups in total. The Balaban J connectivity index is 1.22. The number of aliphatic hydroxyl groups excluding tert-OH is 1. The third kappa shape index (κ3) is 6.50. The second-order valence-corrected chi connectivity index (χ2v) is 12.5. The van der Waals surface area contributed by atoms with E-state index in [1.165, 1.54) is 50.3 Å². The number of nitrogens with zero attached hydrogens (tertiary/aromatic N) is 5. The molecule has 2 aliphatic heterocycles. The van der Waals surface area contributed by atoms with Crippen molar-refractivity contribution in [1.29, 1.82) is 0 Å². The van der Waals surface area contributed by atoms with E-state index in [1.807, 2.05) is 35.5 Å². The van der Waals surface area contributed by atoms with E-state index in [1.54, 1.807) is 13.1 Å². The van der Waals surface area contributed by atoms with Crippen molar-refractivity contribution in [2.75, 3.05) is 29.9 Å². The van der Waals surface area contributed by atoms with E-state index in [0.717, 1.165) is 60.5 Å². The van der Waals surface area contributed by atoms with Crippen molar-refractivity contribution < 1.29 is 5.11 Å². The molecule has 3 aliphatic rings. The Morgan fingerprint density at radius 3 is 2.58 bits per heavy atom. The summed E-state index contributed by atoms with van der Waals surface area (Å²) in [7, 11) is 0. The summed E-state index contributed by atoms with van der Waals surface area (Å²) in [5, 5.41) is 15.3. The first-order valence-corrected chi connectivity index (χ1v) is 15.4. The van der Waals surface area contributed by atoms with E-state index in [4.69, 9.17) is 16.6 Å². The highest BCUT2D eigenvalue weighted by Crippen LogP contribution is 2.46. The van der Waals surface area contributed by atoms with Crippen LogP contribution in [0.1, 0.15) is 64.7 Å². The summed E-state index contributed by atoms with van der Waals surface area (Å²) >= 11 is 8.26. The van der Waals surface area contributed by atoms with Gasteiger partial charge in [0.25, 0.3) is 0 Å². The Labute approximate surface area is 247 Å². The lowest BCUT2D eigenvalue weighted by Crippen LogP contribution is -2.39. The van der Waals surface area contributed by atoms with Crippen LogP contribution in [0.3, 0.4) is 0 Å². The van der Waals surface area contributed by atoms with Crippen molar-refractivity contribution in [3.63, 3.8) is 0 Å². The molecule has 7 nitrogen and oxygen atoms in total. The normalized spacial score (nSPS) is 20.5. The van der Waals surface area contributed by atoms with Gasteiger partial charge in [0, 0.05) is 42.2 Å². The maximum absolute atomic E-state index is 10.7. The Morgan fingerprint density at radius 1 is 1.10 bits per heavy atom. The number of anilines is 2. The molecule has 1 aliphatic carbocycles. The second kappa shape index (κ2) is 12.7. The second-order valence-electron chi connectivity index (χ2n) is 11.0. The first-order valence-electron chi connectivity index (χ1n) is 14.2. The summed E-state index contributed by atoms with van der Waals surface area (Å²) in [6, 6.07) is 5.78. The largest absolute Gasteiger partial charge is 0.493 e. The smallest absolute Gasteiger partial charge is 0.217 e. The van der Waals surface area contributed by atoms with Crippen LogP contribution in [0, 0.1) is 5.41 Å². The van der Waals surface area contributed by atoms with E-state index < -0.39 is 0 Å². The number of nitrogens with one attached hydrogen (secondary N) is 1. The first kappa shape index (κ1) is 28.6. The lowest BCUT2D eigenvalue weighted by Gasteiger charge is -2.39. The summed E-state index contributed by atoms with van der Waals surface area (Å²) in [5.74, 6) is 1.70. The molecular formula is C31H39ClN6OS. The van der Waals surface area contributed by atoms with Crippen LogP contribution >= 0.6 is 23.4 Å². The Kier molecular flexibility index (Phi) is 9.06. The number of aromatic nitrogens is 2. The number of hydrogen-bond donors (Lipinski definition) is 2. The summed E-state index contributed by atoms with van der Waals surface area (Å²) in [6.45, 7) is 12.7. The lowest BCUT2D eigenvalue weighted by molar-refractivity contribution is 0.226. The molecule has 2 saturated heterocycles. The predicted octanol–water partition coefficient (Wildman–Crippen LogP) is 8.18. The van der Waals surface area contributed by atoms with Gasteiger partial charge in [0.2, 0.25) is 5.88 Å².